The van der Waals surface area contributed by atoms with Gasteiger partial charge in [0.25, 0.3) is 0 Å². The Hall–Kier alpha value is -2.88. The van der Waals surface area contributed by atoms with Crippen molar-refractivity contribution in [3.05, 3.63) is 83.6 Å². The molecule has 0 atom stereocenters. The molecule has 4 heteroatoms. The van der Waals surface area contributed by atoms with Gasteiger partial charge >= 0.3 is 6.01 Å². The van der Waals surface area contributed by atoms with E-state index in [9.17, 15) is 0 Å². The second-order valence-corrected chi connectivity index (χ2v) is 5.18. The quantitative estimate of drug-likeness (QED) is 0.692. The van der Waals surface area contributed by atoms with Crippen molar-refractivity contribution >= 4 is 0 Å². The lowest BCUT2D eigenvalue weighted by molar-refractivity contribution is 0.257. The molecule has 0 aliphatic carbocycles. The minimum atomic E-state index is 0.330. The molecule has 0 bridgehead atoms. The van der Waals surface area contributed by atoms with Gasteiger partial charge in [0.2, 0.25) is 5.88 Å². The topological polar surface area (TPSA) is 44.2 Å². The van der Waals surface area contributed by atoms with E-state index in [1.807, 2.05) is 67.6 Å². The fraction of sp³-hybridized carbons (Fsp3) is 0.158. The molecule has 1 aromatic heterocycles. The number of hydrogen-bond donors (Lipinski definition) is 0. The summed E-state index contributed by atoms with van der Waals surface area (Å²) in [5.74, 6) is 0.518. The molecule has 0 spiro atoms. The van der Waals surface area contributed by atoms with E-state index in [-0.39, 0.29) is 0 Å². The van der Waals surface area contributed by atoms with Crippen LogP contribution in [0.1, 0.15) is 16.8 Å². The van der Waals surface area contributed by atoms with Crippen LogP contribution < -0.4 is 9.47 Å². The Kier molecular flexibility index (Phi) is 4.84. The van der Waals surface area contributed by atoms with Crippen molar-refractivity contribution in [3.63, 3.8) is 0 Å². The normalized spacial score (nSPS) is 10.3. The van der Waals surface area contributed by atoms with Gasteiger partial charge in [0.1, 0.15) is 13.2 Å². The average Bonchev–Trinajstić information content (AvgIpc) is 2.60. The van der Waals surface area contributed by atoms with Gasteiger partial charge in [-0.2, -0.15) is 4.98 Å². The highest BCUT2D eigenvalue weighted by Gasteiger charge is 2.05. The van der Waals surface area contributed by atoms with E-state index in [1.165, 1.54) is 0 Å². The first-order valence-corrected chi connectivity index (χ1v) is 7.49. The number of aryl methyl sites for hydroxylation is 1. The lowest BCUT2D eigenvalue weighted by Crippen LogP contribution is -2.03. The first-order chi connectivity index (χ1) is 11.3. The number of nitrogens with zero attached hydrogens (tertiary/aromatic N) is 2. The van der Waals surface area contributed by atoms with Crippen molar-refractivity contribution in [2.75, 3.05) is 0 Å². The summed E-state index contributed by atoms with van der Waals surface area (Å²) >= 11 is 0. The second-order valence-electron chi connectivity index (χ2n) is 5.18. The summed E-state index contributed by atoms with van der Waals surface area (Å²) < 4.78 is 11.4. The Morgan fingerprint density at radius 3 is 1.91 bits per heavy atom. The molecule has 0 N–H and O–H groups in total. The van der Waals surface area contributed by atoms with Gasteiger partial charge < -0.3 is 9.47 Å². The summed E-state index contributed by atoms with van der Waals surface area (Å²) in [4.78, 5) is 8.60. The van der Waals surface area contributed by atoms with Crippen LogP contribution in [-0.2, 0) is 13.2 Å². The maximum absolute atomic E-state index is 5.73. The van der Waals surface area contributed by atoms with Crippen LogP contribution in [0.4, 0.5) is 0 Å². The SMILES string of the molecule is Cc1cc(OCc2ccccc2)nc(OCc2ccccc2)n1. The van der Waals surface area contributed by atoms with Crippen LogP contribution in [0.15, 0.2) is 66.7 Å². The predicted molar refractivity (Wildman–Crippen MR) is 88.3 cm³/mol. The van der Waals surface area contributed by atoms with Crippen molar-refractivity contribution < 1.29 is 9.47 Å². The molecule has 0 radical (unpaired) electrons. The highest BCUT2D eigenvalue weighted by atomic mass is 16.5. The van der Waals surface area contributed by atoms with Gasteiger partial charge in [-0.3, -0.25) is 0 Å². The zero-order valence-electron chi connectivity index (χ0n) is 13.0. The van der Waals surface area contributed by atoms with Crippen LogP contribution in [0, 0.1) is 6.92 Å². The maximum Gasteiger partial charge on any atom is 0.320 e. The number of rotatable bonds is 6. The van der Waals surface area contributed by atoms with Crippen LogP contribution >= 0.6 is 0 Å². The lowest BCUT2D eigenvalue weighted by Gasteiger charge is -2.09. The van der Waals surface area contributed by atoms with Crippen molar-refractivity contribution in [1.29, 1.82) is 0 Å². The summed E-state index contributed by atoms with van der Waals surface area (Å²) in [6.45, 7) is 2.80. The molecule has 0 saturated heterocycles. The smallest absolute Gasteiger partial charge is 0.320 e. The van der Waals surface area contributed by atoms with E-state index in [1.54, 1.807) is 6.07 Å². The van der Waals surface area contributed by atoms with Crippen LogP contribution in [0.25, 0.3) is 0 Å². The third kappa shape index (κ3) is 4.54. The highest BCUT2D eigenvalue weighted by Crippen LogP contribution is 2.16. The van der Waals surface area contributed by atoms with Gasteiger partial charge in [-0.15, -0.1) is 0 Å². The number of benzene rings is 2. The van der Waals surface area contributed by atoms with Gasteiger partial charge in [-0.25, -0.2) is 4.98 Å². The molecule has 23 heavy (non-hydrogen) atoms. The summed E-state index contributed by atoms with van der Waals surface area (Å²) in [6.07, 6.45) is 0. The van der Waals surface area contributed by atoms with Crippen LogP contribution in [-0.4, -0.2) is 9.97 Å². The molecule has 3 aromatic rings. The summed E-state index contributed by atoms with van der Waals surface area (Å²) in [5, 5.41) is 0. The zero-order chi connectivity index (χ0) is 15.9. The summed E-state index contributed by atoms with van der Waals surface area (Å²) in [6, 6.07) is 22.0. The van der Waals surface area contributed by atoms with Crippen molar-refractivity contribution in [1.82, 2.24) is 9.97 Å². The van der Waals surface area contributed by atoms with Crippen LogP contribution in [0.5, 0.6) is 11.9 Å². The molecule has 116 valence electrons. The van der Waals surface area contributed by atoms with E-state index < -0.39 is 0 Å². The minimum absolute atomic E-state index is 0.330. The molecule has 0 fully saturated rings. The average molecular weight is 306 g/mol. The van der Waals surface area contributed by atoms with E-state index in [2.05, 4.69) is 9.97 Å². The zero-order valence-corrected chi connectivity index (χ0v) is 13.0. The Bertz CT molecular complexity index is 684. The third-order valence-electron chi connectivity index (χ3n) is 3.25. The number of aromatic nitrogens is 2. The molecular weight excluding hydrogens is 288 g/mol. The Balaban J connectivity index is 1.64. The van der Waals surface area contributed by atoms with Crippen molar-refractivity contribution in [2.45, 2.75) is 20.1 Å². The molecule has 2 aromatic carbocycles. The largest absolute Gasteiger partial charge is 0.473 e. The minimum Gasteiger partial charge on any atom is -0.473 e. The Labute approximate surface area is 135 Å². The van der Waals surface area contributed by atoms with Crippen molar-refractivity contribution in [2.24, 2.45) is 0 Å². The summed E-state index contributed by atoms with van der Waals surface area (Å²) in [7, 11) is 0. The molecule has 0 unspecified atom stereocenters. The lowest BCUT2D eigenvalue weighted by atomic mass is 10.2. The molecule has 4 nitrogen and oxygen atoms in total. The fourth-order valence-electron chi connectivity index (χ4n) is 2.11. The number of hydrogen-bond acceptors (Lipinski definition) is 4. The van der Waals surface area contributed by atoms with Gasteiger partial charge in [0.05, 0.1) is 0 Å². The van der Waals surface area contributed by atoms with Gasteiger partial charge in [-0.1, -0.05) is 60.7 Å². The van der Waals surface area contributed by atoms with E-state index in [0.717, 1.165) is 16.8 Å². The first-order valence-electron chi connectivity index (χ1n) is 7.49. The summed E-state index contributed by atoms with van der Waals surface area (Å²) in [5.41, 5.74) is 2.98. The second kappa shape index (κ2) is 7.40. The molecule has 0 aliphatic rings. The third-order valence-corrected chi connectivity index (χ3v) is 3.25. The molecule has 0 amide bonds. The monoisotopic (exact) mass is 306 g/mol. The van der Waals surface area contributed by atoms with E-state index in [0.29, 0.717) is 25.1 Å². The van der Waals surface area contributed by atoms with Gasteiger partial charge in [0, 0.05) is 11.8 Å². The van der Waals surface area contributed by atoms with E-state index in [4.69, 9.17) is 9.47 Å². The first kappa shape index (κ1) is 15.0. The molecule has 1 heterocycles. The Morgan fingerprint density at radius 2 is 1.30 bits per heavy atom. The molecule has 0 aliphatic heterocycles. The van der Waals surface area contributed by atoms with Gasteiger partial charge in [0.15, 0.2) is 0 Å². The number of ether oxygens (including phenoxy) is 2. The molecule has 0 saturated carbocycles. The maximum atomic E-state index is 5.73. The Morgan fingerprint density at radius 1 is 0.739 bits per heavy atom. The molecule has 3 rings (SSSR count). The predicted octanol–water partition coefficient (Wildman–Crippen LogP) is 3.94. The van der Waals surface area contributed by atoms with Crippen LogP contribution in [0.3, 0.4) is 0 Å². The molecular formula is C19H18N2O2. The van der Waals surface area contributed by atoms with E-state index >= 15 is 0 Å². The highest BCUT2D eigenvalue weighted by molar-refractivity contribution is 5.20. The van der Waals surface area contributed by atoms with Crippen LogP contribution in [0.2, 0.25) is 0 Å². The van der Waals surface area contributed by atoms with Gasteiger partial charge in [-0.05, 0) is 18.1 Å². The standard InChI is InChI=1S/C19H18N2O2/c1-15-12-18(22-13-16-8-4-2-5-9-16)21-19(20-15)23-14-17-10-6-3-7-11-17/h2-12H,13-14H2,1H3. The fourth-order valence-corrected chi connectivity index (χ4v) is 2.11. The van der Waals surface area contributed by atoms with Crippen molar-refractivity contribution in [3.8, 4) is 11.9 Å².